The number of amides is 1. The van der Waals surface area contributed by atoms with Gasteiger partial charge < -0.3 is 11.1 Å². The zero-order valence-corrected chi connectivity index (χ0v) is 11.3. The highest BCUT2D eigenvalue weighted by Gasteiger charge is 2.05. The highest BCUT2D eigenvalue weighted by molar-refractivity contribution is 7.10. The standard InChI is InChI=1S/C15H16N2OS/c16-14(12-5-2-1-3-6-12)11-17-15(18)9-8-13-7-4-10-19-13/h1-10,14H,11,16H2,(H,17,18). The lowest BCUT2D eigenvalue weighted by atomic mass is 10.1. The van der Waals surface area contributed by atoms with E-state index in [2.05, 4.69) is 5.32 Å². The molecule has 0 saturated carbocycles. The van der Waals surface area contributed by atoms with Gasteiger partial charge in [0.05, 0.1) is 0 Å². The number of nitrogens with one attached hydrogen (secondary N) is 1. The summed E-state index contributed by atoms with van der Waals surface area (Å²) in [6, 6.07) is 13.5. The van der Waals surface area contributed by atoms with Crippen molar-refractivity contribution in [1.82, 2.24) is 5.32 Å². The highest BCUT2D eigenvalue weighted by Crippen LogP contribution is 2.10. The van der Waals surface area contributed by atoms with Crippen LogP contribution in [0, 0.1) is 0 Å². The van der Waals surface area contributed by atoms with Crippen LogP contribution in [0.1, 0.15) is 16.5 Å². The molecule has 0 radical (unpaired) electrons. The van der Waals surface area contributed by atoms with E-state index in [0.717, 1.165) is 10.4 Å². The quantitative estimate of drug-likeness (QED) is 0.822. The van der Waals surface area contributed by atoms with Gasteiger partial charge in [-0.2, -0.15) is 0 Å². The van der Waals surface area contributed by atoms with Gasteiger partial charge in [-0.25, -0.2) is 0 Å². The van der Waals surface area contributed by atoms with Gasteiger partial charge in [0.2, 0.25) is 5.91 Å². The average Bonchev–Trinajstić information content (AvgIpc) is 2.96. The third-order valence-electron chi connectivity index (χ3n) is 2.67. The molecule has 0 saturated heterocycles. The third kappa shape index (κ3) is 4.35. The van der Waals surface area contributed by atoms with Crippen molar-refractivity contribution in [1.29, 1.82) is 0 Å². The molecule has 0 aliphatic carbocycles. The van der Waals surface area contributed by atoms with Crippen LogP contribution in [0.4, 0.5) is 0 Å². The molecule has 1 aromatic heterocycles. The molecule has 1 unspecified atom stereocenters. The number of thiophene rings is 1. The maximum Gasteiger partial charge on any atom is 0.244 e. The molecule has 19 heavy (non-hydrogen) atoms. The minimum absolute atomic E-state index is 0.125. The van der Waals surface area contributed by atoms with Crippen LogP contribution >= 0.6 is 11.3 Å². The molecule has 0 bridgehead atoms. The SMILES string of the molecule is NC(CNC(=O)C=Cc1cccs1)c1ccccc1. The molecule has 2 aromatic rings. The van der Waals surface area contributed by atoms with Crippen molar-refractivity contribution < 1.29 is 4.79 Å². The van der Waals surface area contributed by atoms with Crippen LogP contribution in [-0.4, -0.2) is 12.5 Å². The predicted octanol–water partition coefficient (Wildman–Crippen LogP) is 2.58. The van der Waals surface area contributed by atoms with Crippen molar-refractivity contribution in [2.45, 2.75) is 6.04 Å². The van der Waals surface area contributed by atoms with Gasteiger partial charge in [-0.15, -0.1) is 11.3 Å². The second-order valence-corrected chi connectivity index (χ2v) is 5.09. The van der Waals surface area contributed by atoms with Crippen LogP contribution in [-0.2, 0) is 4.79 Å². The number of carbonyl (C=O) groups excluding carboxylic acids is 1. The fraction of sp³-hybridized carbons (Fsp3) is 0.133. The Morgan fingerprint density at radius 3 is 2.74 bits per heavy atom. The molecule has 1 atom stereocenters. The largest absolute Gasteiger partial charge is 0.351 e. The summed E-state index contributed by atoms with van der Waals surface area (Å²) in [6.07, 6.45) is 3.33. The van der Waals surface area contributed by atoms with Crippen molar-refractivity contribution >= 4 is 23.3 Å². The van der Waals surface area contributed by atoms with Gasteiger partial charge in [-0.1, -0.05) is 36.4 Å². The van der Waals surface area contributed by atoms with Crippen molar-refractivity contribution in [2.75, 3.05) is 6.54 Å². The van der Waals surface area contributed by atoms with E-state index in [1.807, 2.05) is 47.8 Å². The molecular weight excluding hydrogens is 256 g/mol. The molecule has 0 aliphatic rings. The first-order valence-electron chi connectivity index (χ1n) is 6.05. The topological polar surface area (TPSA) is 55.1 Å². The van der Waals surface area contributed by atoms with Gasteiger partial charge in [0.1, 0.15) is 0 Å². The maximum atomic E-state index is 11.6. The Morgan fingerprint density at radius 1 is 1.26 bits per heavy atom. The summed E-state index contributed by atoms with van der Waals surface area (Å²) in [7, 11) is 0. The molecule has 0 spiro atoms. The second-order valence-electron chi connectivity index (χ2n) is 4.11. The zero-order valence-electron chi connectivity index (χ0n) is 10.5. The van der Waals surface area contributed by atoms with Crippen LogP contribution in [0.15, 0.2) is 53.9 Å². The molecule has 4 heteroatoms. The fourth-order valence-corrected chi connectivity index (χ4v) is 2.25. The van der Waals surface area contributed by atoms with Crippen LogP contribution in [0.2, 0.25) is 0 Å². The number of nitrogens with two attached hydrogens (primary N) is 1. The van der Waals surface area contributed by atoms with E-state index < -0.39 is 0 Å². The lowest BCUT2D eigenvalue weighted by molar-refractivity contribution is -0.116. The minimum Gasteiger partial charge on any atom is -0.351 e. The molecule has 3 nitrogen and oxygen atoms in total. The summed E-state index contributed by atoms with van der Waals surface area (Å²) >= 11 is 1.59. The molecule has 3 N–H and O–H groups in total. The average molecular weight is 272 g/mol. The van der Waals surface area contributed by atoms with Crippen LogP contribution < -0.4 is 11.1 Å². The van der Waals surface area contributed by atoms with Crippen LogP contribution in [0.25, 0.3) is 6.08 Å². The Kier molecular flexibility index (Phi) is 4.89. The molecule has 1 aromatic carbocycles. The summed E-state index contributed by atoms with van der Waals surface area (Å²) in [5.74, 6) is -0.125. The summed E-state index contributed by atoms with van der Waals surface area (Å²) in [4.78, 5) is 12.7. The van der Waals surface area contributed by atoms with Crippen LogP contribution in [0.3, 0.4) is 0 Å². The zero-order chi connectivity index (χ0) is 13.5. The Bertz CT molecular complexity index is 535. The van der Waals surface area contributed by atoms with E-state index in [1.165, 1.54) is 6.08 Å². The van der Waals surface area contributed by atoms with E-state index in [9.17, 15) is 4.79 Å². The van der Waals surface area contributed by atoms with E-state index in [0.29, 0.717) is 6.54 Å². The lowest BCUT2D eigenvalue weighted by Crippen LogP contribution is -2.30. The van der Waals surface area contributed by atoms with E-state index >= 15 is 0 Å². The van der Waals surface area contributed by atoms with Crippen LogP contribution in [0.5, 0.6) is 0 Å². The summed E-state index contributed by atoms with van der Waals surface area (Å²) in [5.41, 5.74) is 7.02. The van der Waals surface area contributed by atoms with E-state index in [-0.39, 0.29) is 11.9 Å². The van der Waals surface area contributed by atoms with Gasteiger partial charge >= 0.3 is 0 Å². The Balaban J connectivity index is 1.81. The van der Waals surface area contributed by atoms with Gasteiger partial charge in [-0.3, -0.25) is 4.79 Å². The highest BCUT2D eigenvalue weighted by atomic mass is 32.1. The molecule has 0 aliphatic heterocycles. The Hall–Kier alpha value is -1.91. The third-order valence-corrected chi connectivity index (χ3v) is 3.50. The normalized spacial score (nSPS) is 12.5. The molecule has 2 rings (SSSR count). The van der Waals surface area contributed by atoms with Gasteiger partial charge in [0.25, 0.3) is 0 Å². The minimum atomic E-state index is -0.180. The molecular formula is C15H16N2OS. The maximum absolute atomic E-state index is 11.6. The molecule has 1 amide bonds. The summed E-state index contributed by atoms with van der Waals surface area (Å²) in [6.45, 7) is 0.428. The first kappa shape index (κ1) is 13.5. The van der Waals surface area contributed by atoms with Gasteiger partial charge in [0, 0.05) is 23.5 Å². The van der Waals surface area contributed by atoms with Crippen molar-refractivity contribution in [3.8, 4) is 0 Å². The molecule has 0 fully saturated rings. The van der Waals surface area contributed by atoms with Gasteiger partial charge in [-0.05, 0) is 23.1 Å². The monoisotopic (exact) mass is 272 g/mol. The molecule has 1 heterocycles. The lowest BCUT2D eigenvalue weighted by Gasteiger charge is -2.11. The van der Waals surface area contributed by atoms with Crippen molar-refractivity contribution in [2.24, 2.45) is 5.73 Å². The van der Waals surface area contributed by atoms with Crippen molar-refractivity contribution in [3.63, 3.8) is 0 Å². The second kappa shape index (κ2) is 6.87. The van der Waals surface area contributed by atoms with E-state index in [1.54, 1.807) is 17.4 Å². The Morgan fingerprint density at radius 2 is 2.05 bits per heavy atom. The fourth-order valence-electron chi connectivity index (χ4n) is 1.63. The van der Waals surface area contributed by atoms with Gasteiger partial charge in [0.15, 0.2) is 0 Å². The molecule has 98 valence electrons. The number of benzene rings is 1. The summed E-state index contributed by atoms with van der Waals surface area (Å²) < 4.78 is 0. The first-order chi connectivity index (χ1) is 9.25. The number of carbonyl (C=O) groups is 1. The Labute approximate surface area is 116 Å². The predicted molar refractivity (Wildman–Crippen MR) is 79.7 cm³/mol. The van der Waals surface area contributed by atoms with E-state index in [4.69, 9.17) is 5.73 Å². The number of hydrogen-bond donors (Lipinski definition) is 2. The smallest absolute Gasteiger partial charge is 0.244 e. The first-order valence-corrected chi connectivity index (χ1v) is 6.93. The summed E-state index contributed by atoms with van der Waals surface area (Å²) in [5, 5.41) is 4.77. The number of rotatable bonds is 5. The van der Waals surface area contributed by atoms with Crippen molar-refractivity contribution in [3.05, 3.63) is 64.4 Å². The number of hydrogen-bond acceptors (Lipinski definition) is 3.